The van der Waals surface area contributed by atoms with E-state index in [2.05, 4.69) is 15.8 Å². The lowest BCUT2D eigenvalue weighted by atomic mass is 10.2. The molecular formula is C11H15N3O2. The summed E-state index contributed by atoms with van der Waals surface area (Å²) >= 11 is 0. The van der Waals surface area contributed by atoms with Crippen molar-refractivity contribution in [2.24, 2.45) is 5.10 Å². The summed E-state index contributed by atoms with van der Waals surface area (Å²) in [7, 11) is 0. The van der Waals surface area contributed by atoms with Gasteiger partial charge in [-0.25, -0.2) is 10.2 Å². The van der Waals surface area contributed by atoms with Gasteiger partial charge in [0, 0.05) is 0 Å². The largest absolute Gasteiger partial charge is 0.394 e. The van der Waals surface area contributed by atoms with Gasteiger partial charge in [0.1, 0.15) is 0 Å². The van der Waals surface area contributed by atoms with Crippen molar-refractivity contribution in [3.05, 3.63) is 35.9 Å². The first-order valence-corrected chi connectivity index (χ1v) is 4.98. The summed E-state index contributed by atoms with van der Waals surface area (Å²) in [5, 5.41) is 15.0. The molecule has 1 aromatic rings. The normalized spacial score (nSPS) is 12.4. The van der Waals surface area contributed by atoms with Crippen LogP contribution < -0.4 is 10.7 Å². The molecule has 2 amide bonds. The van der Waals surface area contributed by atoms with E-state index >= 15 is 0 Å². The van der Waals surface area contributed by atoms with Crippen LogP contribution in [0.15, 0.2) is 35.4 Å². The number of hydrazone groups is 1. The molecule has 0 aromatic heterocycles. The lowest BCUT2D eigenvalue weighted by Gasteiger charge is -2.08. The van der Waals surface area contributed by atoms with Crippen molar-refractivity contribution in [1.82, 2.24) is 10.7 Å². The minimum absolute atomic E-state index is 0.101. The SMILES string of the molecule is C[C@H](CO)NC(=O)N/N=C/c1ccccc1. The van der Waals surface area contributed by atoms with Crippen LogP contribution in [0.5, 0.6) is 0 Å². The molecule has 1 aromatic carbocycles. The van der Waals surface area contributed by atoms with Crippen LogP contribution in [0, 0.1) is 0 Å². The molecule has 0 saturated heterocycles. The lowest BCUT2D eigenvalue weighted by Crippen LogP contribution is -2.40. The van der Waals surface area contributed by atoms with Crippen molar-refractivity contribution in [3.63, 3.8) is 0 Å². The van der Waals surface area contributed by atoms with Gasteiger partial charge in [0.05, 0.1) is 18.9 Å². The van der Waals surface area contributed by atoms with Gasteiger partial charge in [-0.2, -0.15) is 5.10 Å². The number of carbonyl (C=O) groups excluding carboxylic acids is 1. The van der Waals surface area contributed by atoms with E-state index in [9.17, 15) is 4.79 Å². The Morgan fingerprint density at radius 2 is 2.19 bits per heavy atom. The number of amides is 2. The molecule has 0 spiro atoms. The second-order valence-corrected chi connectivity index (χ2v) is 3.34. The zero-order valence-corrected chi connectivity index (χ0v) is 9.05. The third-order valence-corrected chi connectivity index (χ3v) is 1.83. The predicted molar refractivity (Wildman–Crippen MR) is 62.3 cm³/mol. The summed E-state index contributed by atoms with van der Waals surface area (Å²) < 4.78 is 0. The fourth-order valence-corrected chi connectivity index (χ4v) is 1.01. The third-order valence-electron chi connectivity index (χ3n) is 1.83. The number of carbonyl (C=O) groups is 1. The Bertz CT molecular complexity index is 352. The highest BCUT2D eigenvalue weighted by atomic mass is 16.3. The molecule has 0 fully saturated rings. The summed E-state index contributed by atoms with van der Waals surface area (Å²) in [4.78, 5) is 11.2. The fraction of sp³-hybridized carbons (Fsp3) is 0.273. The van der Waals surface area contributed by atoms with E-state index in [1.54, 1.807) is 13.1 Å². The summed E-state index contributed by atoms with van der Waals surface area (Å²) in [5.41, 5.74) is 3.21. The van der Waals surface area contributed by atoms with Gasteiger partial charge in [-0.15, -0.1) is 0 Å². The number of rotatable bonds is 4. The first kappa shape index (κ1) is 12.2. The molecule has 0 aliphatic heterocycles. The average molecular weight is 221 g/mol. The molecule has 0 heterocycles. The van der Waals surface area contributed by atoms with Gasteiger partial charge < -0.3 is 10.4 Å². The molecule has 0 bridgehead atoms. The maximum absolute atomic E-state index is 11.2. The molecule has 5 nitrogen and oxygen atoms in total. The zero-order chi connectivity index (χ0) is 11.8. The van der Waals surface area contributed by atoms with Crippen molar-refractivity contribution in [3.8, 4) is 0 Å². The van der Waals surface area contributed by atoms with Crippen molar-refractivity contribution >= 4 is 12.2 Å². The molecule has 0 aliphatic rings. The van der Waals surface area contributed by atoms with E-state index < -0.39 is 6.03 Å². The topological polar surface area (TPSA) is 73.7 Å². The van der Waals surface area contributed by atoms with Gasteiger partial charge in [0.25, 0.3) is 0 Å². The second-order valence-electron chi connectivity index (χ2n) is 3.34. The highest BCUT2D eigenvalue weighted by Crippen LogP contribution is 1.92. The Morgan fingerprint density at radius 3 is 2.81 bits per heavy atom. The average Bonchev–Trinajstić information content (AvgIpc) is 2.30. The van der Waals surface area contributed by atoms with Crippen molar-refractivity contribution < 1.29 is 9.90 Å². The number of nitrogens with zero attached hydrogens (tertiary/aromatic N) is 1. The lowest BCUT2D eigenvalue weighted by molar-refractivity contribution is 0.221. The standard InChI is InChI=1S/C11H15N3O2/c1-9(8-15)13-11(16)14-12-7-10-5-3-2-4-6-10/h2-7,9,15H,8H2,1H3,(H2,13,14,16)/b12-7+/t9-/m1/s1. The number of hydrogen-bond donors (Lipinski definition) is 3. The van der Waals surface area contributed by atoms with Crippen LogP contribution in [0.2, 0.25) is 0 Å². The Kier molecular flexibility index (Phi) is 5.01. The molecule has 5 heteroatoms. The second kappa shape index (κ2) is 6.58. The first-order chi connectivity index (χ1) is 7.72. The summed E-state index contributed by atoms with van der Waals surface area (Å²) in [6.07, 6.45) is 1.54. The third kappa shape index (κ3) is 4.56. The van der Waals surface area contributed by atoms with Gasteiger partial charge in [-0.1, -0.05) is 30.3 Å². The quantitative estimate of drug-likeness (QED) is 0.517. The molecule has 3 N–H and O–H groups in total. The maximum atomic E-state index is 11.2. The van der Waals surface area contributed by atoms with Gasteiger partial charge >= 0.3 is 6.03 Å². The number of nitrogens with one attached hydrogen (secondary N) is 2. The van der Waals surface area contributed by atoms with Gasteiger partial charge in [0.2, 0.25) is 0 Å². The van der Waals surface area contributed by atoms with Crippen molar-refractivity contribution in [1.29, 1.82) is 0 Å². The van der Waals surface area contributed by atoms with Crippen LogP contribution in [0.1, 0.15) is 12.5 Å². The maximum Gasteiger partial charge on any atom is 0.335 e. The fourth-order valence-electron chi connectivity index (χ4n) is 1.01. The first-order valence-electron chi connectivity index (χ1n) is 4.98. The Hall–Kier alpha value is -1.88. The van der Waals surface area contributed by atoms with Crippen LogP contribution in [-0.2, 0) is 0 Å². The van der Waals surface area contributed by atoms with E-state index in [0.717, 1.165) is 5.56 Å². The molecule has 1 atom stereocenters. The molecular weight excluding hydrogens is 206 g/mol. The van der Waals surface area contributed by atoms with E-state index in [1.165, 1.54) is 0 Å². The molecule has 16 heavy (non-hydrogen) atoms. The van der Waals surface area contributed by atoms with E-state index in [0.29, 0.717) is 0 Å². The number of hydrogen-bond acceptors (Lipinski definition) is 3. The van der Waals surface area contributed by atoms with Crippen LogP contribution in [0.25, 0.3) is 0 Å². The summed E-state index contributed by atoms with van der Waals surface area (Å²) in [6.45, 7) is 1.59. The number of aliphatic hydroxyl groups excluding tert-OH is 1. The van der Waals surface area contributed by atoms with E-state index in [4.69, 9.17) is 5.11 Å². The van der Waals surface area contributed by atoms with Crippen LogP contribution in [-0.4, -0.2) is 30.0 Å². The Labute approximate surface area is 94.2 Å². The van der Waals surface area contributed by atoms with Crippen LogP contribution >= 0.6 is 0 Å². The number of benzene rings is 1. The minimum atomic E-state index is -0.436. The molecule has 0 saturated carbocycles. The smallest absolute Gasteiger partial charge is 0.335 e. The van der Waals surface area contributed by atoms with Crippen molar-refractivity contribution in [2.45, 2.75) is 13.0 Å². The number of aliphatic hydroxyl groups is 1. The van der Waals surface area contributed by atoms with Crippen LogP contribution in [0.3, 0.4) is 0 Å². The Balaban J connectivity index is 2.34. The highest BCUT2D eigenvalue weighted by molar-refractivity contribution is 5.81. The molecule has 1 rings (SSSR count). The minimum Gasteiger partial charge on any atom is -0.394 e. The van der Waals surface area contributed by atoms with Crippen molar-refractivity contribution in [2.75, 3.05) is 6.61 Å². The van der Waals surface area contributed by atoms with Gasteiger partial charge in [-0.05, 0) is 12.5 Å². The van der Waals surface area contributed by atoms with Gasteiger partial charge in [-0.3, -0.25) is 0 Å². The van der Waals surface area contributed by atoms with E-state index in [1.807, 2.05) is 30.3 Å². The molecule has 0 radical (unpaired) electrons. The molecule has 86 valence electrons. The highest BCUT2D eigenvalue weighted by Gasteiger charge is 2.03. The predicted octanol–water partition coefficient (Wildman–Crippen LogP) is 0.700. The number of urea groups is 1. The van der Waals surface area contributed by atoms with Gasteiger partial charge in [0.15, 0.2) is 0 Å². The van der Waals surface area contributed by atoms with Crippen LogP contribution in [0.4, 0.5) is 4.79 Å². The Morgan fingerprint density at radius 1 is 1.50 bits per heavy atom. The summed E-state index contributed by atoms with van der Waals surface area (Å²) in [6, 6.07) is 8.70. The molecule has 0 unspecified atom stereocenters. The van der Waals surface area contributed by atoms with E-state index in [-0.39, 0.29) is 12.6 Å². The monoisotopic (exact) mass is 221 g/mol. The molecule has 0 aliphatic carbocycles. The summed E-state index contributed by atoms with van der Waals surface area (Å²) in [5.74, 6) is 0. The zero-order valence-electron chi connectivity index (χ0n) is 9.05.